The number of unbranched alkanes of at least 4 members (excludes halogenated alkanes) is 2. The normalized spacial score (nSPS) is 10.3. The van der Waals surface area contributed by atoms with E-state index in [-0.39, 0.29) is 5.91 Å². The first-order chi connectivity index (χ1) is 8.04. The zero-order chi connectivity index (χ0) is 12.8. The van der Waals surface area contributed by atoms with E-state index in [0.29, 0.717) is 27.8 Å². The maximum atomic E-state index is 11.6. The Morgan fingerprint density at radius 3 is 2.41 bits per heavy atom. The minimum Gasteiger partial charge on any atom is -0.396 e. The molecule has 0 saturated heterocycles. The van der Waals surface area contributed by atoms with Crippen molar-refractivity contribution in [3.8, 4) is 0 Å². The number of carbonyl (C=O) groups excluding carboxylic acids is 1. The molecule has 1 aromatic rings. The summed E-state index contributed by atoms with van der Waals surface area (Å²) >= 11 is 11.7. The van der Waals surface area contributed by atoms with Crippen LogP contribution in [-0.2, 0) is 4.79 Å². The molecule has 0 fully saturated rings. The molecule has 0 atom stereocenters. The molecule has 0 aliphatic carbocycles. The van der Waals surface area contributed by atoms with Crippen molar-refractivity contribution in [1.82, 2.24) is 0 Å². The van der Waals surface area contributed by atoms with E-state index >= 15 is 0 Å². The van der Waals surface area contributed by atoms with Crippen LogP contribution in [0.25, 0.3) is 0 Å². The summed E-state index contributed by atoms with van der Waals surface area (Å²) < 4.78 is 0. The first kappa shape index (κ1) is 14.1. The molecule has 94 valence electrons. The number of nitrogen functional groups attached to an aromatic ring is 1. The smallest absolute Gasteiger partial charge is 0.224 e. The third kappa shape index (κ3) is 4.44. The fraction of sp³-hybridized carbons (Fsp3) is 0.417. The molecule has 3 N–H and O–H groups in total. The zero-order valence-electron chi connectivity index (χ0n) is 9.72. The van der Waals surface area contributed by atoms with E-state index in [1.54, 1.807) is 12.1 Å². The van der Waals surface area contributed by atoms with Crippen LogP contribution in [0.5, 0.6) is 0 Å². The predicted molar refractivity (Wildman–Crippen MR) is 73.6 cm³/mol. The number of hydrogen-bond acceptors (Lipinski definition) is 2. The lowest BCUT2D eigenvalue weighted by molar-refractivity contribution is -0.116. The quantitative estimate of drug-likeness (QED) is 0.628. The third-order valence-electron chi connectivity index (χ3n) is 2.37. The Hall–Kier alpha value is -0.930. The monoisotopic (exact) mass is 274 g/mol. The van der Waals surface area contributed by atoms with Crippen molar-refractivity contribution in [3.05, 3.63) is 22.2 Å². The van der Waals surface area contributed by atoms with Gasteiger partial charge in [0, 0.05) is 12.1 Å². The Bertz CT molecular complexity index is 384. The number of anilines is 2. The number of halogens is 2. The van der Waals surface area contributed by atoms with Gasteiger partial charge in [-0.25, -0.2) is 0 Å². The second-order valence-electron chi connectivity index (χ2n) is 3.86. The largest absolute Gasteiger partial charge is 0.396 e. The Labute approximate surface area is 111 Å². The fourth-order valence-electron chi connectivity index (χ4n) is 1.42. The van der Waals surface area contributed by atoms with Gasteiger partial charge in [0.25, 0.3) is 0 Å². The van der Waals surface area contributed by atoms with Crippen molar-refractivity contribution in [2.75, 3.05) is 11.1 Å². The number of benzene rings is 1. The second-order valence-corrected chi connectivity index (χ2v) is 4.67. The molecule has 17 heavy (non-hydrogen) atoms. The summed E-state index contributed by atoms with van der Waals surface area (Å²) in [5.41, 5.74) is 6.51. The van der Waals surface area contributed by atoms with Gasteiger partial charge < -0.3 is 11.1 Å². The van der Waals surface area contributed by atoms with E-state index < -0.39 is 0 Å². The summed E-state index contributed by atoms with van der Waals surface area (Å²) in [4.78, 5) is 11.6. The van der Waals surface area contributed by atoms with Crippen LogP contribution < -0.4 is 11.1 Å². The summed E-state index contributed by atoms with van der Waals surface area (Å²) in [5, 5.41) is 3.44. The topological polar surface area (TPSA) is 55.1 Å². The average Bonchev–Trinajstić information content (AvgIpc) is 2.26. The summed E-state index contributed by atoms with van der Waals surface area (Å²) in [6.45, 7) is 2.09. The first-order valence-corrected chi connectivity index (χ1v) is 6.34. The summed E-state index contributed by atoms with van der Waals surface area (Å²) in [6.07, 6.45) is 3.54. The second kappa shape index (κ2) is 6.72. The Kier molecular flexibility index (Phi) is 5.59. The van der Waals surface area contributed by atoms with Gasteiger partial charge in [-0.1, -0.05) is 43.0 Å². The van der Waals surface area contributed by atoms with Crippen molar-refractivity contribution in [3.63, 3.8) is 0 Å². The number of rotatable bonds is 5. The number of carbonyl (C=O) groups is 1. The first-order valence-electron chi connectivity index (χ1n) is 5.59. The highest BCUT2D eigenvalue weighted by Gasteiger charge is 2.07. The van der Waals surface area contributed by atoms with Crippen LogP contribution in [-0.4, -0.2) is 5.91 Å². The maximum Gasteiger partial charge on any atom is 0.224 e. The molecular weight excluding hydrogens is 259 g/mol. The average molecular weight is 275 g/mol. The molecule has 0 radical (unpaired) electrons. The highest BCUT2D eigenvalue weighted by molar-refractivity contribution is 6.39. The van der Waals surface area contributed by atoms with Crippen molar-refractivity contribution >= 4 is 40.5 Å². The van der Waals surface area contributed by atoms with E-state index in [2.05, 4.69) is 12.2 Å². The van der Waals surface area contributed by atoms with Crippen LogP contribution in [0.15, 0.2) is 12.1 Å². The zero-order valence-corrected chi connectivity index (χ0v) is 11.2. The van der Waals surface area contributed by atoms with Gasteiger partial charge in [0.05, 0.1) is 15.7 Å². The van der Waals surface area contributed by atoms with Crippen LogP contribution in [0, 0.1) is 0 Å². The Morgan fingerprint density at radius 2 is 1.88 bits per heavy atom. The van der Waals surface area contributed by atoms with Gasteiger partial charge in [0.15, 0.2) is 0 Å². The molecule has 3 nitrogen and oxygen atoms in total. The number of nitrogens with two attached hydrogens (primary N) is 1. The molecule has 1 aromatic carbocycles. The van der Waals surface area contributed by atoms with Crippen molar-refractivity contribution in [1.29, 1.82) is 0 Å². The molecule has 0 spiro atoms. The predicted octanol–water partition coefficient (Wildman–Crippen LogP) is 4.09. The molecule has 1 rings (SSSR count). The highest BCUT2D eigenvalue weighted by atomic mass is 35.5. The SMILES string of the molecule is CCCCCC(=O)Nc1cc(Cl)c(N)c(Cl)c1. The lowest BCUT2D eigenvalue weighted by atomic mass is 10.2. The highest BCUT2D eigenvalue weighted by Crippen LogP contribution is 2.31. The van der Waals surface area contributed by atoms with Crippen LogP contribution in [0.1, 0.15) is 32.6 Å². The summed E-state index contributed by atoms with van der Waals surface area (Å²) in [6, 6.07) is 3.20. The molecule has 1 amide bonds. The standard InChI is InChI=1S/C12H16Cl2N2O/c1-2-3-4-5-11(17)16-8-6-9(13)12(15)10(14)7-8/h6-7H,2-5,15H2,1H3,(H,16,17). The molecule has 0 aliphatic heterocycles. The van der Waals surface area contributed by atoms with E-state index in [1.807, 2.05) is 0 Å². The molecule has 0 unspecified atom stereocenters. The molecule has 0 saturated carbocycles. The number of nitrogens with one attached hydrogen (secondary N) is 1. The molecule has 0 aliphatic rings. The van der Waals surface area contributed by atoms with Gasteiger partial charge in [-0.3, -0.25) is 4.79 Å². The van der Waals surface area contributed by atoms with Crippen molar-refractivity contribution in [2.24, 2.45) is 0 Å². The van der Waals surface area contributed by atoms with Gasteiger partial charge in [-0.05, 0) is 18.6 Å². The Balaban J connectivity index is 2.60. The third-order valence-corrected chi connectivity index (χ3v) is 3.00. The number of amides is 1. The van der Waals surface area contributed by atoms with Crippen molar-refractivity contribution < 1.29 is 4.79 Å². The van der Waals surface area contributed by atoms with Crippen LogP contribution in [0.3, 0.4) is 0 Å². The minimum absolute atomic E-state index is 0.0321. The van der Waals surface area contributed by atoms with Gasteiger partial charge in [0.1, 0.15) is 0 Å². The maximum absolute atomic E-state index is 11.6. The van der Waals surface area contributed by atoms with E-state index in [0.717, 1.165) is 19.3 Å². The summed E-state index contributed by atoms with van der Waals surface area (Å²) in [7, 11) is 0. The molecule has 0 bridgehead atoms. The van der Waals surface area contributed by atoms with E-state index in [4.69, 9.17) is 28.9 Å². The minimum atomic E-state index is -0.0321. The van der Waals surface area contributed by atoms with Crippen molar-refractivity contribution in [2.45, 2.75) is 32.6 Å². The van der Waals surface area contributed by atoms with Crippen LogP contribution in [0.2, 0.25) is 10.0 Å². The molecule has 5 heteroatoms. The fourth-order valence-corrected chi connectivity index (χ4v) is 1.90. The Morgan fingerprint density at radius 1 is 1.29 bits per heavy atom. The lowest BCUT2D eigenvalue weighted by Crippen LogP contribution is -2.11. The summed E-state index contributed by atoms with van der Waals surface area (Å²) in [5.74, 6) is -0.0321. The number of hydrogen-bond donors (Lipinski definition) is 2. The van der Waals surface area contributed by atoms with E-state index in [1.165, 1.54) is 0 Å². The van der Waals surface area contributed by atoms with Crippen LogP contribution >= 0.6 is 23.2 Å². The molecule has 0 heterocycles. The van der Waals surface area contributed by atoms with Crippen LogP contribution in [0.4, 0.5) is 11.4 Å². The van der Waals surface area contributed by atoms with E-state index in [9.17, 15) is 4.79 Å². The van der Waals surface area contributed by atoms with Gasteiger partial charge in [-0.15, -0.1) is 0 Å². The van der Waals surface area contributed by atoms with Gasteiger partial charge in [-0.2, -0.15) is 0 Å². The lowest BCUT2D eigenvalue weighted by Gasteiger charge is -2.08. The molecular formula is C12H16Cl2N2O. The van der Waals surface area contributed by atoms with Gasteiger partial charge >= 0.3 is 0 Å². The van der Waals surface area contributed by atoms with Gasteiger partial charge in [0.2, 0.25) is 5.91 Å². The molecule has 0 aromatic heterocycles.